The van der Waals surface area contributed by atoms with Crippen LogP contribution in [0.2, 0.25) is 0 Å². The number of nitrogens with zero attached hydrogens (tertiary/aromatic N) is 1. The average molecular weight is 323 g/mol. The molecule has 0 aliphatic carbocycles. The fraction of sp³-hybridized carbons (Fsp3) is 0.286. The van der Waals surface area contributed by atoms with Gasteiger partial charge in [-0.1, -0.05) is 37.7 Å². The average Bonchev–Trinajstić information content (AvgIpc) is 2.36. The number of hydrogen-bond acceptors (Lipinski definition) is 2. The summed E-state index contributed by atoms with van der Waals surface area (Å²) < 4.78 is 0.972. The van der Waals surface area contributed by atoms with Gasteiger partial charge in [-0.15, -0.1) is 0 Å². The van der Waals surface area contributed by atoms with E-state index in [-0.39, 0.29) is 0 Å². The van der Waals surface area contributed by atoms with Crippen molar-refractivity contribution in [1.82, 2.24) is 4.98 Å². The van der Waals surface area contributed by atoms with Crippen LogP contribution in [-0.4, -0.2) is 9.97 Å². The lowest BCUT2D eigenvalue weighted by Gasteiger charge is -2.08. The van der Waals surface area contributed by atoms with Crippen molar-refractivity contribution >= 4 is 43.9 Å². The van der Waals surface area contributed by atoms with Crippen LogP contribution in [0.25, 0.3) is 10.8 Å². The van der Waals surface area contributed by atoms with Gasteiger partial charge in [0.2, 0.25) is 0 Å². The van der Waals surface area contributed by atoms with Crippen LogP contribution in [0.15, 0.2) is 28.9 Å². The van der Waals surface area contributed by atoms with Gasteiger partial charge in [-0.3, -0.25) is 4.98 Å². The summed E-state index contributed by atoms with van der Waals surface area (Å²) in [5.74, 6) is 0. The van der Waals surface area contributed by atoms with Gasteiger partial charge in [0, 0.05) is 16.1 Å². The highest BCUT2D eigenvalue weighted by atomic mass is 79.9. The van der Waals surface area contributed by atoms with Gasteiger partial charge in [-0.2, -0.15) is 0 Å². The second-order valence-corrected chi connectivity index (χ2v) is 5.60. The number of pyridine rings is 1. The number of hydrogen-bond donors (Lipinski definition) is 1. The predicted octanol–water partition coefficient (Wildman–Crippen LogP) is 3.97. The van der Waals surface area contributed by atoms with Crippen molar-refractivity contribution < 1.29 is 0 Å². The molecule has 0 unspecified atom stereocenters. The zero-order valence-corrected chi connectivity index (χ0v) is 12.6. The number of aromatic nitrogens is 1. The van der Waals surface area contributed by atoms with Crippen molar-refractivity contribution in [3.05, 3.63) is 40.1 Å². The van der Waals surface area contributed by atoms with Gasteiger partial charge in [0.15, 0.2) is 0 Å². The first-order valence-electron chi connectivity index (χ1n) is 6.00. The zero-order chi connectivity index (χ0) is 13.1. The van der Waals surface area contributed by atoms with E-state index in [1.54, 1.807) is 6.20 Å². The highest BCUT2D eigenvalue weighted by molar-refractivity contribution is 9.10. The van der Waals surface area contributed by atoms with Crippen molar-refractivity contribution in [2.75, 3.05) is 0 Å². The Morgan fingerprint density at radius 1 is 1.39 bits per heavy atom. The maximum Gasteiger partial charge on any atom is 0.123 e. The number of rotatable bonds is 4. The normalized spacial score (nSPS) is 10.8. The monoisotopic (exact) mass is 322 g/mol. The first kappa shape index (κ1) is 13.4. The highest BCUT2D eigenvalue weighted by Crippen LogP contribution is 2.26. The third-order valence-corrected chi connectivity index (χ3v) is 3.78. The summed E-state index contributed by atoms with van der Waals surface area (Å²) in [5.41, 5.74) is 7.75. The molecule has 0 saturated heterocycles. The number of thiocarbonyl (C=S) groups is 1. The fourth-order valence-electron chi connectivity index (χ4n) is 1.99. The van der Waals surface area contributed by atoms with Crippen molar-refractivity contribution in [2.24, 2.45) is 5.73 Å². The molecule has 4 heteroatoms. The molecule has 0 atom stereocenters. The molecule has 0 saturated carbocycles. The van der Waals surface area contributed by atoms with Crippen molar-refractivity contribution in [3.8, 4) is 0 Å². The minimum absolute atomic E-state index is 0.347. The summed E-state index contributed by atoms with van der Waals surface area (Å²) in [7, 11) is 0. The molecule has 0 aliphatic heterocycles. The van der Waals surface area contributed by atoms with Gasteiger partial charge in [0.25, 0.3) is 0 Å². The molecule has 2 nitrogen and oxygen atoms in total. The third-order valence-electron chi connectivity index (χ3n) is 2.96. The number of fused-ring (bicyclic) bond motifs is 1. The van der Waals surface area contributed by atoms with E-state index >= 15 is 0 Å². The summed E-state index contributed by atoms with van der Waals surface area (Å²) in [6, 6.07) is 6.41. The maximum atomic E-state index is 5.73. The second kappa shape index (κ2) is 5.76. The van der Waals surface area contributed by atoms with Gasteiger partial charge in [-0.05, 0) is 45.8 Å². The third kappa shape index (κ3) is 2.70. The molecule has 1 aromatic heterocycles. The fourth-order valence-corrected chi connectivity index (χ4v) is 2.60. The Labute approximate surface area is 121 Å². The Morgan fingerprint density at radius 2 is 2.17 bits per heavy atom. The van der Waals surface area contributed by atoms with Crippen LogP contribution in [0.5, 0.6) is 0 Å². The van der Waals surface area contributed by atoms with Gasteiger partial charge in [-0.25, -0.2) is 0 Å². The number of aryl methyl sites for hydroxylation is 1. The van der Waals surface area contributed by atoms with E-state index in [1.807, 2.05) is 0 Å². The van der Waals surface area contributed by atoms with Crippen LogP contribution in [0.4, 0.5) is 0 Å². The summed E-state index contributed by atoms with van der Waals surface area (Å²) in [5, 5.41) is 2.14. The Morgan fingerprint density at radius 3 is 2.83 bits per heavy atom. The smallest absolute Gasteiger partial charge is 0.123 e. The van der Waals surface area contributed by atoms with E-state index in [1.165, 1.54) is 18.4 Å². The van der Waals surface area contributed by atoms with E-state index in [4.69, 9.17) is 18.0 Å². The van der Waals surface area contributed by atoms with E-state index in [0.29, 0.717) is 10.7 Å². The van der Waals surface area contributed by atoms with Crippen LogP contribution in [-0.2, 0) is 6.42 Å². The van der Waals surface area contributed by atoms with E-state index in [2.05, 4.69) is 46.0 Å². The molecule has 0 aliphatic rings. The molecule has 0 radical (unpaired) electrons. The van der Waals surface area contributed by atoms with E-state index in [0.717, 1.165) is 21.7 Å². The predicted molar refractivity (Wildman–Crippen MR) is 83.9 cm³/mol. The van der Waals surface area contributed by atoms with Crippen LogP contribution < -0.4 is 5.73 Å². The maximum absolute atomic E-state index is 5.73. The molecule has 0 spiro atoms. The lowest BCUT2D eigenvalue weighted by atomic mass is 10.0. The summed E-state index contributed by atoms with van der Waals surface area (Å²) in [6.45, 7) is 2.19. The van der Waals surface area contributed by atoms with Crippen LogP contribution in [0.1, 0.15) is 31.0 Å². The lowest BCUT2D eigenvalue weighted by molar-refractivity contribution is 0.796. The topological polar surface area (TPSA) is 38.9 Å². The van der Waals surface area contributed by atoms with Crippen LogP contribution in [0, 0.1) is 0 Å². The van der Waals surface area contributed by atoms with Crippen molar-refractivity contribution in [2.45, 2.75) is 26.2 Å². The number of benzene rings is 1. The van der Waals surface area contributed by atoms with Gasteiger partial charge >= 0.3 is 0 Å². The molecule has 0 amide bonds. The Bertz CT molecular complexity index is 596. The molecular weight excluding hydrogens is 308 g/mol. The van der Waals surface area contributed by atoms with E-state index in [9.17, 15) is 0 Å². The quantitative estimate of drug-likeness (QED) is 0.865. The molecule has 94 valence electrons. The summed E-state index contributed by atoms with van der Waals surface area (Å²) >= 11 is 8.57. The second-order valence-electron chi connectivity index (χ2n) is 4.30. The standard InChI is InChI=1S/C14H15BrN2S/c1-2-3-4-9-5-6-10-11(7-9)13(14(16)18)17-8-12(10)15/h5-8H,2-4H2,1H3,(H2,16,18). The molecule has 2 aromatic rings. The molecule has 0 bridgehead atoms. The van der Waals surface area contributed by atoms with Gasteiger partial charge < -0.3 is 5.73 Å². The van der Waals surface area contributed by atoms with Gasteiger partial charge in [0.1, 0.15) is 10.7 Å². The van der Waals surface area contributed by atoms with Crippen molar-refractivity contribution in [1.29, 1.82) is 0 Å². The molecule has 1 heterocycles. The molecule has 2 N–H and O–H groups in total. The largest absolute Gasteiger partial charge is 0.388 e. The lowest BCUT2D eigenvalue weighted by Crippen LogP contribution is -2.12. The van der Waals surface area contributed by atoms with Crippen LogP contribution >= 0.6 is 28.1 Å². The Kier molecular flexibility index (Phi) is 4.30. The van der Waals surface area contributed by atoms with Gasteiger partial charge in [0.05, 0.1) is 0 Å². The number of nitrogens with two attached hydrogens (primary N) is 1. The summed E-state index contributed by atoms with van der Waals surface area (Å²) in [4.78, 5) is 4.66. The number of halogens is 1. The zero-order valence-electron chi connectivity index (χ0n) is 10.2. The first-order chi connectivity index (χ1) is 8.63. The minimum atomic E-state index is 0.347. The minimum Gasteiger partial charge on any atom is -0.388 e. The molecular formula is C14H15BrN2S. The Balaban J connectivity index is 2.58. The summed E-state index contributed by atoms with van der Waals surface area (Å²) in [6.07, 6.45) is 5.21. The molecule has 0 fully saturated rings. The number of unbranched alkanes of at least 4 members (excludes halogenated alkanes) is 1. The van der Waals surface area contributed by atoms with Crippen molar-refractivity contribution in [3.63, 3.8) is 0 Å². The van der Waals surface area contributed by atoms with Crippen LogP contribution in [0.3, 0.4) is 0 Å². The molecule has 2 rings (SSSR count). The van der Waals surface area contributed by atoms with E-state index < -0.39 is 0 Å². The molecule has 18 heavy (non-hydrogen) atoms. The first-order valence-corrected chi connectivity index (χ1v) is 7.20. The Hall–Kier alpha value is -1.00. The molecule has 1 aromatic carbocycles. The highest BCUT2D eigenvalue weighted by Gasteiger charge is 2.09. The SMILES string of the molecule is CCCCc1ccc2c(Br)cnc(C(N)=S)c2c1.